The number of hydrogen-bond acceptors (Lipinski definition) is 6. The first-order valence-corrected chi connectivity index (χ1v) is 10.8. The first-order chi connectivity index (χ1) is 15.1. The third kappa shape index (κ3) is 4.25. The molecular formula is C23H23N3O4S. The van der Waals surface area contributed by atoms with Gasteiger partial charge in [-0.25, -0.2) is 5.43 Å². The highest BCUT2D eigenvalue weighted by Crippen LogP contribution is 2.29. The molecule has 7 nitrogen and oxygen atoms in total. The van der Waals surface area contributed by atoms with Gasteiger partial charge in [-0.3, -0.25) is 9.59 Å². The molecule has 0 unspecified atom stereocenters. The molecule has 1 aromatic heterocycles. The molecule has 1 N–H and O–H groups in total. The van der Waals surface area contributed by atoms with Crippen LogP contribution >= 0.6 is 11.3 Å². The van der Waals surface area contributed by atoms with Gasteiger partial charge in [0.25, 0.3) is 11.8 Å². The van der Waals surface area contributed by atoms with Gasteiger partial charge in [0, 0.05) is 33.1 Å². The van der Waals surface area contributed by atoms with Crippen LogP contribution < -0.4 is 14.9 Å². The van der Waals surface area contributed by atoms with Crippen molar-refractivity contribution in [2.45, 2.75) is 18.9 Å². The van der Waals surface area contributed by atoms with Crippen molar-refractivity contribution in [3.8, 4) is 11.5 Å². The number of thiophene rings is 1. The summed E-state index contributed by atoms with van der Waals surface area (Å²) >= 11 is 1.63. The predicted octanol–water partition coefficient (Wildman–Crippen LogP) is 3.67. The van der Waals surface area contributed by atoms with Gasteiger partial charge < -0.3 is 14.4 Å². The minimum Gasteiger partial charge on any atom is -0.493 e. The van der Waals surface area contributed by atoms with E-state index in [9.17, 15) is 9.59 Å². The van der Waals surface area contributed by atoms with Gasteiger partial charge in [-0.1, -0.05) is 18.2 Å². The number of ether oxygens (including phenoxy) is 2. The van der Waals surface area contributed by atoms with Crippen LogP contribution in [-0.4, -0.2) is 49.7 Å². The highest BCUT2D eigenvalue weighted by Gasteiger charge is 2.34. The fourth-order valence-corrected chi connectivity index (χ4v) is 4.67. The molecule has 0 aliphatic carbocycles. The summed E-state index contributed by atoms with van der Waals surface area (Å²) in [4.78, 5) is 27.4. The molecule has 8 heteroatoms. The van der Waals surface area contributed by atoms with E-state index in [0.717, 1.165) is 22.1 Å². The molecule has 31 heavy (non-hydrogen) atoms. The van der Waals surface area contributed by atoms with Crippen molar-refractivity contribution < 1.29 is 19.1 Å². The Labute approximate surface area is 184 Å². The van der Waals surface area contributed by atoms with E-state index in [0.29, 0.717) is 30.0 Å². The molecule has 1 fully saturated rings. The van der Waals surface area contributed by atoms with E-state index < -0.39 is 6.04 Å². The van der Waals surface area contributed by atoms with E-state index in [1.54, 1.807) is 47.8 Å². The van der Waals surface area contributed by atoms with E-state index in [2.05, 4.69) is 10.5 Å². The zero-order chi connectivity index (χ0) is 21.8. The number of benzene rings is 2. The molecule has 1 saturated heterocycles. The quantitative estimate of drug-likeness (QED) is 0.471. The minimum absolute atomic E-state index is 0.216. The summed E-state index contributed by atoms with van der Waals surface area (Å²) in [5.41, 5.74) is 4.00. The average Bonchev–Trinajstić information content (AvgIpc) is 3.46. The van der Waals surface area contributed by atoms with Crippen LogP contribution in [0.2, 0.25) is 0 Å². The summed E-state index contributed by atoms with van der Waals surface area (Å²) < 4.78 is 11.7. The van der Waals surface area contributed by atoms with Gasteiger partial charge in [-0.15, -0.1) is 11.3 Å². The summed E-state index contributed by atoms with van der Waals surface area (Å²) in [6.07, 6.45) is 3.00. The maximum absolute atomic E-state index is 13.0. The van der Waals surface area contributed by atoms with Crippen LogP contribution in [0.5, 0.6) is 11.5 Å². The Morgan fingerprint density at radius 3 is 2.77 bits per heavy atom. The number of fused-ring (bicyclic) bond motifs is 1. The Hall–Kier alpha value is -3.39. The van der Waals surface area contributed by atoms with Crippen molar-refractivity contribution in [1.82, 2.24) is 10.3 Å². The number of hydrazone groups is 1. The molecule has 2 amide bonds. The Morgan fingerprint density at radius 1 is 1.16 bits per heavy atom. The highest BCUT2D eigenvalue weighted by molar-refractivity contribution is 7.17. The van der Waals surface area contributed by atoms with Gasteiger partial charge in [0.1, 0.15) is 6.04 Å². The number of carbonyl (C=O) groups is 2. The molecule has 3 aromatic rings. The van der Waals surface area contributed by atoms with Crippen LogP contribution in [0.15, 0.2) is 52.9 Å². The lowest BCUT2D eigenvalue weighted by molar-refractivity contribution is -0.124. The number of amides is 2. The molecule has 4 rings (SSSR count). The Morgan fingerprint density at radius 2 is 1.97 bits per heavy atom. The van der Waals surface area contributed by atoms with E-state index in [4.69, 9.17) is 9.47 Å². The number of nitrogens with one attached hydrogen (secondary N) is 1. The van der Waals surface area contributed by atoms with E-state index in [1.807, 2.05) is 29.6 Å². The predicted molar refractivity (Wildman–Crippen MR) is 121 cm³/mol. The first-order valence-electron chi connectivity index (χ1n) is 9.94. The number of nitrogens with zero attached hydrogens (tertiary/aromatic N) is 2. The molecule has 2 aromatic carbocycles. The van der Waals surface area contributed by atoms with Crippen LogP contribution in [0.3, 0.4) is 0 Å². The number of rotatable bonds is 6. The van der Waals surface area contributed by atoms with Crippen molar-refractivity contribution in [3.63, 3.8) is 0 Å². The molecule has 2 heterocycles. The summed E-state index contributed by atoms with van der Waals surface area (Å²) in [5, 5.41) is 7.23. The lowest BCUT2D eigenvalue weighted by Gasteiger charge is -2.23. The molecule has 1 atom stereocenters. The smallest absolute Gasteiger partial charge is 0.262 e. The van der Waals surface area contributed by atoms with Gasteiger partial charge in [0.15, 0.2) is 11.5 Å². The normalized spacial score (nSPS) is 16.1. The molecule has 1 aliphatic heterocycles. The maximum Gasteiger partial charge on any atom is 0.262 e. The van der Waals surface area contributed by atoms with Gasteiger partial charge >= 0.3 is 0 Å². The van der Waals surface area contributed by atoms with Gasteiger partial charge in [0.2, 0.25) is 0 Å². The van der Waals surface area contributed by atoms with Gasteiger partial charge in [-0.05, 0) is 37.1 Å². The fourth-order valence-electron chi connectivity index (χ4n) is 3.76. The van der Waals surface area contributed by atoms with E-state index in [1.165, 1.54) is 7.11 Å². The van der Waals surface area contributed by atoms with E-state index in [-0.39, 0.29) is 11.8 Å². The Bertz CT molecular complexity index is 1140. The second-order valence-electron chi connectivity index (χ2n) is 7.15. The number of likely N-dealkylation sites (tertiary alicyclic amines) is 1. The standard InChI is InChI=1S/C23H23N3O4S/c1-29-19-10-9-15(12-20(19)30-2)23(28)26-11-5-7-18(26)22(27)25-24-13-16-14-31-21-8-4-3-6-17(16)21/h3-4,6,8-10,12-14,18H,5,7,11H2,1-2H3,(H,25,27)/t18-/m0/s1. The Balaban J connectivity index is 1.45. The van der Waals surface area contributed by atoms with Crippen LogP contribution in [-0.2, 0) is 4.79 Å². The third-order valence-electron chi connectivity index (χ3n) is 5.34. The molecular weight excluding hydrogens is 414 g/mol. The summed E-state index contributed by atoms with van der Waals surface area (Å²) in [6, 6.07) is 12.5. The van der Waals surface area contributed by atoms with Crippen molar-refractivity contribution in [2.24, 2.45) is 5.10 Å². The van der Waals surface area contributed by atoms with Crippen molar-refractivity contribution in [2.75, 3.05) is 20.8 Å². The topological polar surface area (TPSA) is 80.2 Å². The number of methoxy groups -OCH3 is 2. The molecule has 0 bridgehead atoms. The molecule has 0 spiro atoms. The number of hydrogen-bond donors (Lipinski definition) is 1. The van der Waals surface area contributed by atoms with Crippen molar-refractivity contribution in [1.29, 1.82) is 0 Å². The second-order valence-corrected chi connectivity index (χ2v) is 8.06. The Kier molecular flexibility index (Phi) is 6.18. The third-order valence-corrected chi connectivity index (χ3v) is 6.32. The molecule has 0 saturated carbocycles. The van der Waals surface area contributed by atoms with Gasteiger partial charge in [-0.2, -0.15) is 5.10 Å². The SMILES string of the molecule is COc1ccc(C(=O)N2CCC[C@H]2C(=O)NN=Cc2csc3ccccc23)cc1OC. The largest absolute Gasteiger partial charge is 0.493 e. The fraction of sp³-hybridized carbons (Fsp3) is 0.261. The van der Waals surface area contributed by atoms with Crippen molar-refractivity contribution >= 4 is 39.5 Å². The lowest BCUT2D eigenvalue weighted by atomic mass is 10.1. The summed E-state index contributed by atoms with van der Waals surface area (Å²) in [5.74, 6) is 0.514. The summed E-state index contributed by atoms with van der Waals surface area (Å²) in [6.45, 7) is 0.518. The molecule has 160 valence electrons. The average molecular weight is 438 g/mol. The van der Waals surface area contributed by atoms with Gasteiger partial charge in [0.05, 0.1) is 20.4 Å². The number of carbonyl (C=O) groups excluding carboxylic acids is 2. The van der Waals surface area contributed by atoms with Crippen LogP contribution in [0.25, 0.3) is 10.1 Å². The van der Waals surface area contributed by atoms with Crippen LogP contribution in [0.1, 0.15) is 28.8 Å². The minimum atomic E-state index is -0.558. The highest BCUT2D eigenvalue weighted by atomic mass is 32.1. The van der Waals surface area contributed by atoms with Crippen molar-refractivity contribution in [3.05, 3.63) is 59.0 Å². The molecule has 0 radical (unpaired) electrons. The summed E-state index contributed by atoms with van der Waals surface area (Å²) in [7, 11) is 3.06. The van der Waals surface area contributed by atoms with Crippen LogP contribution in [0, 0.1) is 0 Å². The second kappa shape index (κ2) is 9.18. The zero-order valence-corrected chi connectivity index (χ0v) is 18.1. The lowest BCUT2D eigenvalue weighted by Crippen LogP contribution is -2.44. The first kappa shape index (κ1) is 20.9. The maximum atomic E-state index is 13.0. The monoisotopic (exact) mass is 437 g/mol. The zero-order valence-electron chi connectivity index (χ0n) is 17.3. The van der Waals surface area contributed by atoms with Crippen LogP contribution in [0.4, 0.5) is 0 Å². The molecule has 1 aliphatic rings. The van der Waals surface area contributed by atoms with E-state index >= 15 is 0 Å².